The summed E-state index contributed by atoms with van der Waals surface area (Å²) >= 11 is 0. The van der Waals surface area contributed by atoms with Crippen molar-refractivity contribution in [2.75, 3.05) is 13.2 Å². The fourth-order valence-electron chi connectivity index (χ4n) is 3.41. The van der Waals surface area contributed by atoms with Gasteiger partial charge in [0.05, 0.1) is 11.6 Å². The van der Waals surface area contributed by atoms with Crippen LogP contribution in [0.2, 0.25) is 0 Å². The zero-order valence-corrected chi connectivity index (χ0v) is 13.6. The van der Waals surface area contributed by atoms with E-state index in [1.165, 1.54) is 12.8 Å². The van der Waals surface area contributed by atoms with Crippen molar-refractivity contribution in [3.63, 3.8) is 0 Å². The summed E-state index contributed by atoms with van der Waals surface area (Å²) in [4.78, 5) is 8.42. The highest BCUT2D eigenvalue weighted by molar-refractivity contribution is 5.16. The second-order valence-corrected chi connectivity index (χ2v) is 6.24. The Morgan fingerprint density at radius 1 is 1.29 bits per heavy atom. The maximum atomic E-state index is 6.31. The molecule has 0 aromatic carbocycles. The predicted octanol–water partition coefficient (Wildman–Crippen LogP) is 3.50. The average molecular weight is 291 g/mol. The molecule has 0 radical (unpaired) electrons. The topological polar surface area (TPSA) is 47.0 Å². The summed E-state index contributed by atoms with van der Waals surface area (Å²) in [5.74, 6) is 0.803. The standard InChI is InChI=1S/C17H29N3O/c1-4-10-20-16(15-11-18-13-19-12-15)17(21-5-2)8-6-14(3)7-9-17/h11-14,16,20H,4-10H2,1-3H3. The molecule has 1 atom stereocenters. The summed E-state index contributed by atoms with van der Waals surface area (Å²) in [6.45, 7) is 8.38. The van der Waals surface area contributed by atoms with E-state index in [1.807, 2.05) is 12.4 Å². The van der Waals surface area contributed by atoms with Crippen LogP contribution in [0.25, 0.3) is 0 Å². The van der Waals surface area contributed by atoms with E-state index in [2.05, 4.69) is 36.1 Å². The van der Waals surface area contributed by atoms with Crippen LogP contribution < -0.4 is 5.32 Å². The molecule has 0 saturated heterocycles. The van der Waals surface area contributed by atoms with E-state index in [9.17, 15) is 0 Å². The summed E-state index contributed by atoms with van der Waals surface area (Å²) in [5.41, 5.74) is 1.04. The smallest absolute Gasteiger partial charge is 0.115 e. The van der Waals surface area contributed by atoms with E-state index in [0.717, 1.165) is 43.9 Å². The Hall–Kier alpha value is -1.00. The zero-order valence-electron chi connectivity index (χ0n) is 13.6. The predicted molar refractivity (Wildman–Crippen MR) is 85.1 cm³/mol. The fourth-order valence-corrected chi connectivity index (χ4v) is 3.41. The summed E-state index contributed by atoms with van der Waals surface area (Å²) < 4.78 is 6.31. The monoisotopic (exact) mass is 291 g/mol. The average Bonchev–Trinajstić information content (AvgIpc) is 2.52. The molecule has 4 nitrogen and oxygen atoms in total. The molecule has 0 bridgehead atoms. The summed E-state index contributed by atoms with van der Waals surface area (Å²) in [5, 5.41) is 3.69. The zero-order chi connectivity index (χ0) is 15.1. The Balaban J connectivity index is 2.26. The van der Waals surface area contributed by atoms with Crippen LogP contribution in [-0.4, -0.2) is 28.7 Å². The van der Waals surface area contributed by atoms with Gasteiger partial charge in [-0.2, -0.15) is 0 Å². The van der Waals surface area contributed by atoms with E-state index >= 15 is 0 Å². The molecule has 1 N–H and O–H groups in total. The lowest BCUT2D eigenvalue weighted by Gasteiger charge is -2.45. The number of hydrogen-bond acceptors (Lipinski definition) is 4. The van der Waals surface area contributed by atoms with Crippen LogP contribution in [0, 0.1) is 5.92 Å². The van der Waals surface area contributed by atoms with Crippen LogP contribution >= 0.6 is 0 Å². The van der Waals surface area contributed by atoms with Gasteiger partial charge in [-0.15, -0.1) is 0 Å². The van der Waals surface area contributed by atoms with Gasteiger partial charge in [-0.05, 0) is 51.5 Å². The van der Waals surface area contributed by atoms with Gasteiger partial charge in [0.15, 0.2) is 0 Å². The van der Waals surface area contributed by atoms with Crippen molar-refractivity contribution < 1.29 is 4.74 Å². The number of nitrogens with one attached hydrogen (secondary N) is 1. The number of ether oxygens (including phenoxy) is 1. The molecule has 1 fully saturated rings. The van der Waals surface area contributed by atoms with Crippen LogP contribution in [0.15, 0.2) is 18.7 Å². The van der Waals surface area contributed by atoms with Crippen LogP contribution in [0.4, 0.5) is 0 Å². The van der Waals surface area contributed by atoms with Crippen molar-refractivity contribution in [3.8, 4) is 0 Å². The SMILES string of the molecule is CCCNC(c1cncnc1)C1(OCC)CCC(C)CC1. The molecule has 1 aliphatic carbocycles. The minimum absolute atomic E-state index is 0.110. The third kappa shape index (κ3) is 4.01. The molecule has 1 heterocycles. The molecule has 1 aromatic rings. The van der Waals surface area contributed by atoms with Crippen LogP contribution in [0.3, 0.4) is 0 Å². The lowest BCUT2D eigenvalue weighted by molar-refractivity contribution is -0.0976. The molecule has 0 spiro atoms. The van der Waals surface area contributed by atoms with Gasteiger partial charge in [-0.3, -0.25) is 0 Å². The van der Waals surface area contributed by atoms with Gasteiger partial charge in [0.2, 0.25) is 0 Å². The Morgan fingerprint density at radius 3 is 2.52 bits per heavy atom. The van der Waals surface area contributed by atoms with Gasteiger partial charge in [-0.25, -0.2) is 9.97 Å². The second-order valence-electron chi connectivity index (χ2n) is 6.24. The van der Waals surface area contributed by atoms with Crippen LogP contribution in [0.1, 0.15) is 64.5 Å². The summed E-state index contributed by atoms with van der Waals surface area (Å²) in [7, 11) is 0. The minimum atomic E-state index is -0.110. The van der Waals surface area contributed by atoms with Crippen LogP contribution in [-0.2, 0) is 4.74 Å². The first-order valence-electron chi connectivity index (χ1n) is 8.34. The second kappa shape index (κ2) is 7.85. The highest BCUT2D eigenvalue weighted by atomic mass is 16.5. The molecule has 1 saturated carbocycles. The van der Waals surface area contributed by atoms with Gasteiger partial charge in [0.25, 0.3) is 0 Å². The number of hydrogen-bond donors (Lipinski definition) is 1. The summed E-state index contributed by atoms with van der Waals surface area (Å²) in [6.07, 6.45) is 11.3. The molecule has 1 aromatic heterocycles. The van der Waals surface area contributed by atoms with Gasteiger partial charge in [0, 0.05) is 24.6 Å². The number of aromatic nitrogens is 2. The highest BCUT2D eigenvalue weighted by Crippen LogP contribution is 2.43. The maximum Gasteiger partial charge on any atom is 0.115 e. The molecule has 1 unspecified atom stereocenters. The molecular formula is C17H29N3O. The molecule has 1 aliphatic rings. The lowest BCUT2D eigenvalue weighted by atomic mass is 9.73. The first kappa shape index (κ1) is 16.4. The Labute approximate surface area is 128 Å². The van der Waals surface area contributed by atoms with Crippen molar-refractivity contribution in [2.45, 2.75) is 64.5 Å². The molecule has 21 heavy (non-hydrogen) atoms. The number of rotatable bonds is 7. The molecule has 4 heteroatoms. The van der Waals surface area contributed by atoms with E-state index in [1.54, 1.807) is 6.33 Å². The number of nitrogens with zero attached hydrogens (tertiary/aromatic N) is 2. The first-order chi connectivity index (χ1) is 10.2. The Morgan fingerprint density at radius 2 is 1.95 bits per heavy atom. The third-order valence-electron chi connectivity index (χ3n) is 4.59. The molecule has 0 amide bonds. The third-order valence-corrected chi connectivity index (χ3v) is 4.59. The van der Waals surface area contributed by atoms with Crippen LogP contribution in [0.5, 0.6) is 0 Å². The highest BCUT2D eigenvalue weighted by Gasteiger charge is 2.42. The first-order valence-corrected chi connectivity index (χ1v) is 8.34. The van der Waals surface area contributed by atoms with Crippen molar-refractivity contribution in [3.05, 3.63) is 24.3 Å². The van der Waals surface area contributed by atoms with E-state index in [4.69, 9.17) is 4.74 Å². The lowest BCUT2D eigenvalue weighted by Crippen LogP contribution is -2.48. The van der Waals surface area contributed by atoms with Gasteiger partial charge in [-0.1, -0.05) is 13.8 Å². The summed E-state index contributed by atoms with van der Waals surface area (Å²) in [6, 6.07) is 0.186. The maximum absolute atomic E-state index is 6.31. The minimum Gasteiger partial charge on any atom is -0.373 e. The van der Waals surface area contributed by atoms with E-state index < -0.39 is 0 Å². The van der Waals surface area contributed by atoms with Crippen molar-refractivity contribution >= 4 is 0 Å². The van der Waals surface area contributed by atoms with Crippen molar-refractivity contribution in [2.24, 2.45) is 5.92 Å². The fraction of sp³-hybridized carbons (Fsp3) is 0.765. The Kier molecular flexibility index (Phi) is 6.12. The van der Waals surface area contributed by atoms with E-state index in [0.29, 0.717) is 0 Å². The van der Waals surface area contributed by atoms with Gasteiger partial charge < -0.3 is 10.1 Å². The molecule has 0 aliphatic heterocycles. The van der Waals surface area contributed by atoms with Crippen molar-refractivity contribution in [1.82, 2.24) is 15.3 Å². The molecule has 2 rings (SSSR count). The Bertz CT molecular complexity index is 402. The largest absolute Gasteiger partial charge is 0.373 e. The van der Waals surface area contributed by atoms with Gasteiger partial charge >= 0.3 is 0 Å². The van der Waals surface area contributed by atoms with Crippen molar-refractivity contribution in [1.29, 1.82) is 0 Å². The molecule has 118 valence electrons. The van der Waals surface area contributed by atoms with E-state index in [-0.39, 0.29) is 11.6 Å². The molecular weight excluding hydrogens is 262 g/mol. The normalized spacial score (nSPS) is 27.5. The quantitative estimate of drug-likeness (QED) is 0.835. The van der Waals surface area contributed by atoms with Gasteiger partial charge in [0.1, 0.15) is 6.33 Å².